The molecule has 19 heavy (non-hydrogen) atoms. The Kier molecular flexibility index (Phi) is 4.16. The predicted molar refractivity (Wildman–Crippen MR) is 77.7 cm³/mol. The van der Waals surface area contributed by atoms with Crippen molar-refractivity contribution in [2.75, 3.05) is 18.9 Å². The smallest absolute Gasteiger partial charge is 0.245 e. The Labute approximate surface area is 115 Å². The Balaban J connectivity index is 2.42. The van der Waals surface area contributed by atoms with E-state index in [1.807, 2.05) is 6.07 Å². The van der Waals surface area contributed by atoms with Gasteiger partial charge in [-0.3, -0.25) is 0 Å². The monoisotopic (exact) mass is 282 g/mol. The van der Waals surface area contributed by atoms with Crippen molar-refractivity contribution in [1.29, 1.82) is 0 Å². The third-order valence-corrected chi connectivity index (χ3v) is 5.74. The first kappa shape index (κ1) is 14.3. The molecule has 0 bridgehead atoms. The Morgan fingerprint density at radius 3 is 2.63 bits per heavy atom. The van der Waals surface area contributed by atoms with E-state index >= 15 is 0 Å². The normalized spacial score (nSPS) is 20.9. The van der Waals surface area contributed by atoms with Crippen LogP contribution in [-0.4, -0.2) is 32.4 Å². The maximum absolute atomic E-state index is 12.8. The average molecular weight is 282 g/mol. The molecule has 0 aromatic heterocycles. The fourth-order valence-corrected chi connectivity index (χ4v) is 4.78. The average Bonchev–Trinajstić information content (AvgIpc) is 2.88. The molecule has 1 unspecified atom stereocenters. The molecule has 0 saturated carbocycles. The zero-order valence-electron chi connectivity index (χ0n) is 11.8. The Morgan fingerprint density at radius 1 is 1.32 bits per heavy atom. The van der Waals surface area contributed by atoms with Crippen LogP contribution in [0.25, 0.3) is 0 Å². The molecule has 1 saturated heterocycles. The van der Waals surface area contributed by atoms with Crippen LogP contribution in [0.1, 0.15) is 26.7 Å². The summed E-state index contributed by atoms with van der Waals surface area (Å²) in [5.74, 6) is 0.346. The van der Waals surface area contributed by atoms with Crippen molar-refractivity contribution in [3.8, 4) is 0 Å². The van der Waals surface area contributed by atoms with Gasteiger partial charge in [0.25, 0.3) is 0 Å². The molecule has 1 aliphatic heterocycles. The van der Waals surface area contributed by atoms with Gasteiger partial charge in [0, 0.05) is 19.6 Å². The predicted octanol–water partition coefficient (Wildman–Crippen LogP) is 2.54. The van der Waals surface area contributed by atoms with Crippen molar-refractivity contribution < 1.29 is 8.42 Å². The molecule has 0 amide bonds. The Bertz CT molecular complexity index is 540. The zero-order chi connectivity index (χ0) is 14.0. The molecule has 1 aliphatic rings. The minimum absolute atomic E-state index is 0.120. The summed E-state index contributed by atoms with van der Waals surface area (Å²) in [4.78, 5) is 0.380. The highest BCUT2D eigenvalue weighted by molar-refractivity contribution is 7.89. The minimum Gasteiger partial charge on any atom is -0.387 e. The van der Waals surface area contributed by atoms with Gasteiger partial charge in [-0.05, 0) is 30.9 Å². The molecule has 1 fully saturated rings. The topological polar surface area (TPSA) is 49.4 Å². The van der Waals surface area contributed by atoms with E-state index in [4.69, 9.17) is 0 Å². The van der Waals surface area contributed by atoms with Crippen LogP contribution in [0.5, 0.6) is 0 Å². The van der Waals surface area contributed by atoms with Crippen LogP contribution in [0.2, 0.25) is 0 Å². The van der Waals surface area contributed by atoms with E-state index in [2.05, 4.69) is 19.2 Å². The van der Waals surface area contributed by atoms with E-state index in [0.29, 0.717) is 23.0 Å². The lowest BCUT2D eigenvalue weighted by Crippen LogP contribution is -2.38. The van der Waals surface area contributed by atoms with Gasteiger partial charge in [-0.25, -0.2) is 8.42 Å². The van der Waals surface area contributed by atoms with E-state index in [1.54, 1.807) is 29.6 Å². The van der Waals surface area contributed by atoms with Crippen LogP contribution in [0.15, 0.2) is 29.2 Å². The lowest BCUT2D eigenvalue weighted by atomic mass is 10.0. The van der Waals surface area contributed by atoms with Gasteiger partial charge in [0.1, 0.15) is 4.90 Å². The molecule has 1 N–H and O–H groups in total. The van der Waals surface area contributed by atoms with Gasteiger partial charge in [-0.15, -0.1) is 0 Å². The molecule has 5 heteroatoms. The van der Waals surface area contributed by atoms with Crippen LogP contribution in [0, 0.1) is 5.92 Å². The quantitative estimate of drug-likeness (QED) is 0.923. The van der Waals surface area contributed by atoms with E-state index in [0.717, 1.165) is 12.8 Å². The van der Waals surface area contributed by atoms with Gasteiger partial charge in [-0.1, -0.05) is 26.0 Å². The van der Waals surface area contributed by atoms with Crippen molar-refractivity contribution in [2.45, 2.75) is 37.6 Å². The number of nitrogens with one attached hydrogen (secondary N) is 1. The largest absolute Gasteiger partial charge is 0.387 e. The maximum Gasteiger partial charge on any atom is 0.245 e. The minimum atomic E-state index is -3.40. The van der Waals surface area contributed by atoms with Crippen molar-refractivity contribution in [3.63, 3.8) is 0 Å². The molecular weight excluding hydrogens is 260 g/mol. The summed E-state index contributed by atoms with van der Waals surface area (Å²) in [6, 6.07) is 7.21. The number of para-hydroxylation sites is 1. The first-order chi connectivity index (χ1) is 8.98. The van der Waals surface area contributed by atoms with Gasteiger partial charge < -0.3 is 5.32 Å². The summed E-state index contributed by atoms with van der Waals surface area (Å²) in [5, 5.41) is 2.96. The summed E-state index contributed by atoms with van der Waals surface area (Å²) >= 11 is 0. The zero-order valence-corrected chi connectivity index (χ0v) is 12.6. The fraction of sp³-hybridized carbons (Fsp3) is 0.571. The third-order valence-electron chi connectivity index (χ3n) is 3.76. The van der Waals surface area contributed by atoms with Crippen LogP contribution in [-0.2, 0) is 10.0 Å². The van der Waals surface area contributed by atoms with Crippen molar-refractivity contribution in [2.24, 2.45) is 5.92 Å². The van der Waals surface area contributed by atoms with Gasteiger partial charge in [0.15, 0.2) is 0 Å². The first-order valence-electron chi connectivity index (χ1n) is 6.77. The first-order valence-corrected chi connectivity index (χ1v) is 8.21. The van der Waals surface area contributed by atoms with Crippen LogP contribution < -0.4 is 5.32 Å². The highest BCUT2D eigenvalue weighted by Crippen LogP contribution is 2.32. The van der Waals surface area contributed by atoms with Crippen molar-refractivity contribution in [1.82, 2.24) is 4.31 Å². The fourth-order valence-electron chi connectivity index (χ4n) is 2.75. The molecule has 4 nitrogen and oxygen atoms in total. The summed E-state index contributed by atoms with van der Waals surface area (Å²) in [7, 11) is -1.66. The maximum atomic E-state index is 12.8. The molecule has 0 aliphatic carbocycles. The number of hydrogen-bond donors (Lipinski definition) is 1. The molecule has 1 heterocycles. The molecule has 1 atom stereocenters. The van der Waals surface area contributed by atoms with Crippen LogP contribution in [0.3, 0.4) is 0 Å². The molecule has 0 radical (unpaired) electrons. The summed E-state index contributed by atoms with van der Waals surface area (Å²) < 4.78 is 27.3. The van der Waals surface area contributed by atoms with E-state index in [9.17, 15) is 8.42 Å². The van der Waals surface area contributed by atoms with Crippen molar-refractivity contribution >= 4 is 15.7 Å². The highest BCUT2D eigenvalue weighted by atomic mass is 32.2. The van der Waals surface area contributed by atoms with E-state index in [-0.39, 0.29) is 6.04 Å². The number of hydrogen-bond acceptors (Lipinski definition) is 3. The third kappa shape index (κ3) is 2.62. The molecule has 1 aromatic carbocycles. The van der Waals surface area contributed by atoms with Crippen LogP contribution in [0.4, 0.5) is 5.69 Å². The second kappa shape index (κ2) is 5.51. The van der Waals surface area contributed by atoms with E-state index in [1.165, 1.54) is 0 Å². The van der Waals surface area contributed by atoms with Crippen LogP contribution >= 0.6 is 0 Å². The highest BCUT2D eigenvalue weighted by Gasteiger charge is 2.37. The number of sulfonamides is 1. The molecule has 2 rings (SSSR count). The van der Waals surface area contributed by atoms with Crippen molar-refractivity contribution in [3.05, 3.63) is 24.3 Å². The molecule has 106 valence electrons. The summed E-state index contributed by atoms with van der Waals surface area (Å²) in [5.41, 5.74) is 0.664. The lowest BCUT2D eigenvalue weighted by Gasteiger charge is -2.27. The Hall–Kier alpha value is -1.07. The molecule has 1 aromatic rings. The second-order valence-corrected chi connectivity index (χ2v) is 7.17. The SMILES string of the molecule is CNc1ccccc1S(=O)(=O)N1CCCC1C(C)C. The van der Waals surface area contributed by atoms with Gasteiger partial charge in [-0.2, -0.15) is 4.31 Å². The summed E-state index contributed by atoms with van der Waals surface area (Å²) in [6.07, 6.45) is 1.91. The lowest BCUT2D eigenvalue weighted by molar-refractivity contribution is 0.316. The number of anilines is 1. The molecule has 0 spiro atoms. The van der Waals surface area contributed by atoms with Gasteiger partial charge in [0.2, 0.25) is 10.0 Å². The van der Waals surface area contributed by atoms with Gasteiger partial charge in [0.05, 0.1) is 5.69 Å². The number of rotatable bonds is 4. The van der Waals surface area contributed by atoms with Gasteiger partial charge >= 0.3 is 0 Å². The number of benzene rings is 1. The number of nitrogens with zero attached hydrogens (tertiary/aromatic N) is 1. The standard InChI is InChI=1S/C14H22N2O2S/c1-11(2)13-8-6-10-16(13)19(17,18)14-9-5-4-7-12(14)15-3/h4-5,7,9,11,13,15H,6,8,10H2,1-3H3. The second-order valence-electron chi connectivity index (χ2n) is 5.32. The summed E-state index contributed by atoms with van der Waals surface area (Å²) in [6.45, 7) is 4.80. The molecular formula is C14H22N2O2S. The van der Waals surface area contributed by atoms with E-state index < -0.39 is 10.0 Å². The Morgan fingerprint density at radius 2 is 2.00 bits per heavy atom.